The first-order valence-corrected chi connectivity index (χ1v) is 19.7. The summed E-state index contributed by atoms with van der Waals surface area (Å²) in [6.45, 7) is 9.84. The maximum absolute atomic E-state index is 12.8. The number of ether oxygens (including phenoxy) is 4. The van der Waals surface area contributed by atoms with Crippen LogP contribution in [0.1, 0.15) is 92.4 Å². The van der Waals surface area contributed by atoms with E-state index in [2.05, 4.69) is 20.8 Å². The molecule has 0 amide bonds. The van der Waals surface area contributed by atoms with Crippen LogP contribution in [-0.2, 0) is 18.9 Å². The van der Waals surface area contributed by atoms with Crippen LogP contribution in [0.4, 0.5) is 0 Å². The van der Waals surface area contributed by atoms with Crippen molar-refractivity contribution in [3.63, 3.8) is 0 Å². The third kappa shape index (κ3) is 7.03. The second-order valence-electron chi connectivity index (χ2n) is 18.3. The van der Waals surface area contributed by atoms with E-state index in [1.807, 2.05) is 13.8 Å². The summed E-state index contributed by atoms with van der Waals surface area (Å²) in [7, 11) is 0. The lowest BCUT2D eigenvalue weighted by atomic mass is 9.42. The number of aliphatic hydroxyl groups excluding tert-OH is 9. The van der Waals surface area contributed by atoms with Crippen molar-refractivity contribution in [3.8, 4) is 0 Å². The van der Waals surface area contributed by atoms with Crippen LogP contribution in [0.25, 0.3) is 0 Å². The summed E-state index contributed by atoms with van der Waals surface area (Å²) in [6, 6.07) is 0. The van der Waals surface area contributed by atoms with Gasteiger partial charge in [-0.05, 0) is 91.8 Å². The molecule has 4 saturated carbocycles. The maximum atomic E-state index is 12.8. The molecule has 0 bridgehead atoms. The zero-order chi connectivity index (χ0) is 38.1. The standard InChI is InChI=1S/C38H66O14/c1-17(2)25(51-35-32(47)30(45)29(44)26(15-39)52-35)7-6-18(3)20-13-22(40)33-37(20,5)11-9-27-36(4)10-8-19(12-21(36)23(41)14-38(27,33)48)50-34-31(46)28(43)24(42)16-49-34/h17-35,39-48H,6-16H2,1-5H3/t18-,19+,20-,21-,22-,23+,24-,25+,26-,27-,28+,29-,30+,31-,32-,33-,34+,35-,36+,37-,38+/m1/s1. The number of fused-ring (bicyclic) bond motifs is 5. The Bertz CT molecular complexity index is 1210. The van der Waals surface area contributed by atoms with Crippen molar-refractivity contribution in [2.75, 3.05) is 13.2 Å². The van der Waals surface area contributed by atoms with E-state index in [1.165, 1.54) is 0 Å². The zero-order valence-electron chi connectivity index (χ0n) is 31.4. The summed E-state index contributed by atoms with van der Waals surface area (Å²) in [5.41, 5.74) is -2.06. The molecule has 0 radical (unpaired) electrons. The van der Waals surface area contributed by atoms with Crippen molar-refractivity contribution in [3.05, 3.63) is 0 Å². The Morgan fingerprint density at radius 1 is 0.750 bits per heavy atom. The van der Waals surface area contributed by atoms with Gasteiger partial charge in [0.15, 0.2) is 12.6 Å². The van der Waals surface area contributed by atoms with Crippen LogP contribution >= 0.6 is 0 Å². The molecule has 14 heteroatoms. The summed E-state index contributed by atoms with van der Waals surface area (Å²) in [6.07, 6.45) is -8.61. The third-order valence-electron chi connectivity index (χ3n) is 15.0. The maximum Gasteiger partial charge on any atom is 0.186 e. The molecule has 0 aromatic carbocycles. The Kier molecular flexibility index (Phi) is 12.2. The molecule has 21 atom stereocenters. The molecule has 0 spiro atoms. The Labute approximate surface area is 307 Å². The predicted molar refractivity (Wildman–Crippen MR) is 184 cm³/mol. The molecular formula is C38H66O14. The highest BCUT2D eigenvalue weighted by Gasteiger charge is 2.71. The summed E-state index contributed by atoms with van der Waals surface area (Å²) < 4.78 is 23.4. The van der Waals surface area contributed by atoms with Gasteiger partial charge in [0.2, 0.25) is 0 Å². The van der Waals surface area contributed by atoms with E-state index in [0.29, 0.717) is 32.1 Å². The van der Waals surface area contributed by atoms with Gasteiger partial charge in [0.05, 0.1) is 43.2 Å². The Hall–Kier alpha value is -0.560. The van der Waals surface area contributed by atoms with E-state index in [0.717, 1.165) is 19.3 Å². The molecule has 6 fully saturated rings. The fraction of sp³-hybridized carbons (Fsp3) is 1.00. The molecule has 14 nitrogen and oxygen atoms in total. The predicted octanol–water partition coefficient (Wildman–Crippen LogP) is -0.217. The highest BCUT2D eigenvalue weighted by molar-refractivity contribution is 5.20. The number of hydrogen-bond donors (Lipinski definition) is 10. The van der Waals surface area contributed by atoms with Gasteiger partial charge < -0.3 is 70.0 Å². The van der Waals surface area contributed by atoms with E-state index in [1.54, 1.807) is 0 Å². The van der Waals surface area contributed by atoms with Gasteiger partial charge in [-0.2, -0.15) is 0 Å². The molecule has 6 rings (SSSR count). The first-order valence-electron chi connectivity index (χ1n) is 19.7. The topological polar surface area (TPSA) is 239 Å². The van der Waals surface area contributed by atoms with Crippen LogP contribution in [0, 0.1) is 46.3 Å². The van der Waals surface area contributed by atoms with Gasteiger partial charge in [-0.25, -0.2) is 0 Å². The average molecular weight is 747 g/mol. The van der Waals surface area contributed by atoms with Crippen LogP contribution in [-0.4, -0.2) is 150 Å². The molecule has 302 valence electrons. The summed E-state index contributed by atoms with van der Waals surface area (Å²) in [4.78, 5) is 0. The first-order chi connectivity index (χ1) is 24.4. The SMILES string of the molecule is CC(C)[C@H](CC[C@@H](C)[C@H]1C[C@@H](O)[C@@H]2[C@]1(C)CC[C@@H]1[C@@]3(C)CC[C@H](O[C@@H]4OC[C@@H](O)[C@H](O)[C@H]4O)C[C@@H]3[C@@H](O)C[C@]12O)O[C@@H]1O[C@H](CO)[C@@H](O)[C@H](O)[C@H]1O. The number of rotatable bonds is 10. The second-order valence-corrected chi connectivity index (χ2v) is 18.3. The quantitative estimate of drug-likeness (QED) is 0.130. The minimum Gasteiger partial charge on any atom is -0.394 e. The van der Waals surface area contributed by atoms with E-state index < -0.39 is 91.1 Å². The van der Waals surface area contributed by atoms with Crippen LogP contribution in [0.5, 0.6) is 0 Å². The molecular weight excluding hydrogens is 680 g/mol. The normalized spacial score (nSPS) is 53.5. The molecule has 4 aliphatic carbocycles. The molecule has 0 aromatic rings. The van der Waals surface area contributed by atoms with E-state index >= 15 is 0 Å². The van der Waals surface area contributed by atoms with Gasteiger partial charge in [-0.15, -0.1) is 0 Å². The van der Waals surface area contributed by atoms with Crippen LogP contribution in [0.3, 0.4) is 0 Å². The summed E-state index contributed by atoms with van der Waals surface area (Å²) in [5, 5.41) is 107. The lowest BCUT2D eigenvalue weighted by molar-refractivity contribution is -0.314. The van der Waals surface area contributed by atoms with Gasteiger partial charge in [-0.3, -0.25) is 0 Å². The molecule has 2 aliphatic heterocycles. The average Bonchev–Trinajstić information content (AvgIpc) is 3.37. The molecule has 52 heavy (non-hydrogen) atoms. The minimum atomic E-state index is -1.52. The van der Waals surface area contributed by atoms with Gasteiger partial charge >= 0.3 is 0 Å². The largest absolute Gasteiger partial charge is 0.394 e. The smallest absolute Gasteiger partial charge is 0.186 e. The molecule has 0 aromatic heterocycles. The lowest BCUT2D eigenvalue weighted by Crippen LogP contribution is -2.68. The molecule has 0 unspecified atom stereocenters. The molecule has 6 aliphatic rings. The van der Waals surface area contributed by atoms with Gasteiger partial charge in [-0.1, -0.05) is 34.6 Å². The van der Waals surface area contributed by atoms with Crippen molar-refractivity contribution in [1.82, 2.24) is 0 Å². The van der Waals surface area contributed by atoms with Crippen molar-refractivity contribution in [2.24, 2.45) is 46.3 Å². The minimum absolute atomic E-state index is 0.0332. The Balaban J connectivity index is 1.12. The Morgan fingerprint density at radius 3 is 2.10 bits per heavy atom. The Morgan fingerprint density at radius 2 is 1.42 bits per heavy atom. The van der Waals surface area contributed by atoms with Crippen LogP contribution in [0.15, 0.2) is 0 Å². The number of hydrogen-bond acceptors (Lipinski definition) is 14. The molecule has 10 N–H and O–H groups in total. The van der Waals surface area contributed by atoms with Crippen molar-refractivity contribution in [2.45, 2.75) is 178 Å². The van der Waals surface area contributed by atoms with Crippen molar-refractivity contribution in [1.29, 1.82) is 0 Å². The highest BCUT2D eigenvalue weighted by atomic mass is 16.7. The molecule has 2 heterocycles. The lowest BCUT2D eigenvalue weighted by Gasteiger charge is -2.66. The number of aliphatic hydroxyl groups is 10. The van der Waals surface area contributed by atoms with Crippen molar-refractivity contribution >= 4 is 0 Å². The first kappa shape index (κ1) is 41.1. The molecule has 2 saturated heterocycles. The second kappa shape index (κ2) is 15.4. The zero-order valence-corrected chi connectivity index (χ0v) is 31.4. The van der Waals surface area contributed by atoms with Crippen molar-refractivity contribution < 1.29 is 70.0 Å². The van der Waals surface area contributed by atoms with E-state index in [4.69, 9.17) is 18.9 Å². The third-order valence-corrected chi connectivity index (χ3v) is 15.0. The van der Waals surface area contributed by atoms with Gasteiger partial charge in [0.25, 0.3) is 0 Å². The summed E-state index contributed by atoms with van der Waals surface area (Å²) in [5.74, 6) is -0.460. The van der Waals surface area contributed by atoms with Crippen LogP contribution in [0.2, 0.25) is 0 Å². The van der Waals surface area contributed by atoms with E-state index in [9.17, 15) is 51.1 Å². The highest BCUT2D eigenvalue weighted by Crippen LogP contribution is 2.70. The fourth-order valence-corrected chi connectivity index (χ4v) is 12.1. The fourth-order valence-electron chi connectivity index (χ4n) is 12.1. The summed E-state index contributed by atoms with van der Waals surface area (Å²) >= 11 is 0. The van der Waals surface area contributed by atoms with Gasteiger partial charge in [0, 0.05) is 12.3 Å². The van der Waals surface area contributed by atoms with Gasteiger partial charge in [0.1, 0.15) is 42.7 Å². The van der Waals surface area contributed by atoms with E-state index in [-0.39, 0.29) is 60.2 Å². The van der Waals surface area contributed by atoms with Crippen LogP contribution < -0.4 is 0 Å². The monoisotopic (exact) mass is 746 g/mol.